The number of aromatic nitrogens is 4. The van der Waals surface area contributed by atoms with Crippen LogP contribution in [0.3, 0.4) is 0 Å². The first-order chi connectivity index (χ1) is 17.8. The molecule has 4 aromatic rings. The molecule has 0 spiro atoms. The molecule has 0 aliphatic carbocycles. The molecule has 40 heavy (non-hydrogen) atoms. The van der Waals surface area contributed by atoms with Gasteiger partial charge >= 0.3 is 50.4 Å². The topological polar surface area (TPSA) is 132 Å². The molecule has 0 fully saturated rings. The average molecular weight is 627 g/mol. The molecule has 215 valence electrons. The molecule has 16 heteroatoms. The minimum absolute atomic E-state index is 0. The van der Waals surface area contributed by atoms with Gasteiger partial charge in [-0.3, -0.25) is 19.9 Å². The van der Waals surface area contributed by atoms with Gasteiger partial charge in [0.2, 0.25) is 0 Å². The predicted molar refractivity (Wildman–Crippen MR) is 130 cm³/mol. The largest absolute Gasteiger partial charge is 3.00 e. The van der Waals surface area contributed by atoms with Crippen molar-refractivity contribution >= 4 is 19.7 Å². The SMILES string of the molecule is CC(=O)[O-].CC(=O)[O-].F[P-](F)(F)(F)(F)F.[Cr+3].c1ccc(-c2ccccn2)nc1.c1ccc(-c2ccccn2)nc1. The van der Waals surface area contributed by atoms with Crippen LogP contribution >= 0.6 is 7.81 Å². The number of hydrogen-bond donors (Lipinski definition) is 0. The maximum atomic E-state index is 9.87. The van der Waals surface area contributed by atoms with E-state index >= 15 is 0 Å². The van der Waals surface area contributed by atoms with Crippen LogP contribution in [-0.2, 0) is 27.0 Å². The Morgan fingerprint density at radius 1 is 0.525 bits per heavy atom. The van der Waals surface area contributed by atoms with E-state index in [-0.39, 0.29) is 17.4 Å². The summed E-state index contributed by atoms with van der Waals surface area (Å²) >= 11 is 0. The summed E-state index contributed by atoms with van der Waals surface area (Å²) in [5.41, 5.74) is 3.66. The maximum absolute atomic E-state index is 10.7. The van der Waals surface area contributed by atoms with E-state index in [0.29, 0.717) is 0 Å². The Labute approximate surface area is 236 Å². The Bertz CT molecular complexity index is 1080. The summed E-state index contributed by atoms with van der Waals surface area (Å²) in [6.45, 7) is 1.94. The number of pyridine rings is 4. The fourth-order valence-electron chi connectivity index (χ4n) is 2.06. The number of halogens is 6. The first-order valence-electron chi connectivity index (χ1n) is 10.4. The third-order valence-corrected chi connectivity index (χ3v) is 3.18. The Kier molecular flexibility index (Phi) is 16.2. The molecule has 1 radical (unpaired) electrons. The molecule has 0 atom stereocenters. The second-order valence-corrected chi connectivity index (χ2v) is 8.72. The maximum Gasteiger partial charge on any atom is 3.00 e. The number of carbonyl (C=O) groups excluding carboxylic acids is 2. The van der Waals surface area contributed by atoms with Crippen molar-refractivity contribution < 1.29 is 62.3 Å². The van der Waals surface area contributed by atoms with E-state index in [1.807, 2.05) is 72.8 Å². The molecule has 0 unspecified atom stereocenters. The van der Waals surface area contributed by atoms with Crippen molar-refractivity contribution in [2.24, 2.45) is 0 Å². The molecular weight excluding hydrogens is 605 g/mol. The fourth-order valence-corrected chi connectivity index (χ4v) is 2.06. The van der Waals surface area contributed by atoms with Crippen LogP contribution in [-0.4, -0.2) is 31.9 Å². The van der Waals surface area contributed by atoms with Crippen LogP contribution in [0.4, 0.5) is 25.2 Å². The molecule has 0 aliphatic heterocycles. The first-order valence-corrected chi connectivity index (χ1v) is 12.4. The number of carboxylic acid groups (broad SMARTS) is 2. The zero-order chi connectivity index (χ0) is 30.0. The van der Waals surface area contributed by atoms with Gasteiger partial charge in [0.05, 0.1) is 22.8 Å². The Hall–Kier alpha value is -3.92. The standard InChI is InChI=1S/2C10H8N2.2C2H4O2.Cr.F6P/c2*1-3-7-11-9(5-1)10-6-2-4-8-12-10;2*1-2(3)4;;1-7(2,3,4,5)6/h2*1-8H;2*1H3,(H,3,4);;/q;;;;+3;-1/p-2. The van der Waals surface area contributed by atoms with Crippen LogP contribution in [0, 0.1) is 0 Å². The Morgan fingerprint density at radius 2 is 0.675 bits per heavy atom. The Balaban J connectivity index is 0. The van der Waals surface area contributed by atoms with Crippen LogP contribution < -0.4 is 10.2 Å². The van der Waals surface area contributed by atoms with Crippen LogP contribution in [0.1, 0.15) is 13.8 Å². The monoisotopic (exact) mass is 627 g/mol. The molecule has 0 aromatic carbocycles. The zero-order valence-corrected chi connectivity index (χ0v) is 23.0. The van der Waals surface area contributed by atoms with Crippen LogP contribution in [0.15, 0.2) is 97.6 Å². The number of hydrogen-bond acceptors (Lipinski definition) is 8. The normalized spacial score (nSPS) is 11.1. The van der Waals surface area contributed by atoms with Crippen molar-refractivity contribution in [3.8, 4) is 22.8 Å². The fraction of sp³-hybridized carbons (Fsp3) is 0.0833. The van der Waals surface area contributed by atoms with Crippen molar-refractivity contribution in [3.63, 3.8) is 0 Å². The summed E-state index contributed by atoms with van der Waals surface area (Å²) in [4.78, 5) is 34.5. The molecule has 0 bridgehead atoms. The molecular formula is C24H22CrF6N4O4P. The van der Waals surface area contributed by atoms with Crippen LogP contribution in [0.2, 0.25) is 0 Å². The molecule has 0 saturated carbocycles. The van der Waals surface area contributed by atoms with Crippen LogP contribution in [0.25, 0.3) is 22.8 Å². The quantitative estimate of drug-likeness (QED) is 0.220. The van der Waals surface area contributed by atoms with Gasteiger partial charge in [0, 0.05) is 36.7 Å². The van der Waals surface area contributed by atoms with Gasteiger partial charge in [-0.25, -0.2) is 0 Å². The van der Waals surface area contributed by atoms with Gasteiger partial charge < -0.3 is 19.8 Å². The van der Waals surface area contributed by atoms with Crippen molar-refractivity contribution in [2.75, 3.05) is 0 Å². The van der Waals surface area contributed by atoms with Crippen molar-refractivity contribution in [3.05, 3.63) is 97.6 Å². The molecule has 0 N–H and O–H groups in total. The molecule has 4 rings (SSSR count). The zero-order valence-electron chi connectivity index (χ0n) is 20.8. The van der Waals surface area contributed by atoms with E-state index in [9.17, 15) is 25.2 Å². The number of rotatable bonds is 2. The number of nitrogens with zero attached hydrogens (tertiary/aromatic N) is 4. The van der Waals surface area contributed by atoms with Crippen molar-refractivity contribution in [2.45, 2.75) is 13.8 Å². The van der Waals surface area contributed by atoms with Crippen LogP contribution in [0.5, 0.6) is 0 Å². The van der Waals surface area contributed by atoms with Gasteiger partial charge in [-0.15, -0.1) is 0 Å². The van der Waals surface area contributed by atoms with E-state index in [1.165, 1.54) is 0 Å². The number of aliphatic carboxylic acids is 2. The summed E-state index contributed by atoms with van der Waals surface area (Å²) in [5.74, 6) is -2.17. The van der Waals surface area contributed by atoms with Crippen molar-refractivity contribution in [1.29, 1.82) is 0 Å². The number of carbonyl (C=O) groups is 2. The Morgan fingerprint density at radius 3 is 0.775 bits per heavy atom. The van der Waals surface area contributed by atoms with Gasteiger partial charge in [-0.2, -0.15) is 0 Å². The second kappa shape index (κ2) is 16.9. The van der Waals surface area contributed by atoms with E-state index in [0.717, 1.165) is 36.6 Å². The predicted octanol–water partition coefficient (Wildman–Crippen LogP) is 5.18. The summed E-state index contributed by atoms with van der Waals surface area (Å²) in [6, 6.07) is 23.2. The minimum atomic E-state index is -10.7. The third-order valence-electron chi connectivity index (χ3n) is 3.18. The summed E-state index contributed by atoms with van der Waals surface area (Å²) in [6.07, 6.45) is 7.07. The summed E-state index contributed by atoms with van der Waals surface area (Å²) < 4.78 is 59.2. The smallest absolute Gasteiger partial charge is 0.255 e. The minimum Gasteiger partial charge on any atom is -0.255 e. The molecule has 8 nitrogen and oxygen atoms in total. The van der Waals surface area contributed by atoms with Gasteiger partial charge in [0.15, 0.2) is 0 Å². The van der Waals surface area contributed by atoms with Gasteiger partial charge in [-0.1, -0.05) is 24.3 Å². The number of carboxylic acids is 2. The van der Waals surface area contributed by atoms with Gasteiger partial charge in [0.25, 0.3) is 0 Å². The van der Waals surface area contributed by atoms with Crippen molar-refractivity contribution in [1.82, 2.24) is 19.9 Å². The van der Waals surface area contributed by atoms with E-state index < -0.39 is 19.7 Å². The van der Waals surface area contributed by atoms with Gasteiger partial charge in [-0.05, 0) is 62.4 Å². The second-order valence-electron chi connectivity index (χ2n) is 6.80. The molecule has 0 amide bonds. The third kappa shape index (κ3) is 28.7. The van der Waals surface area contributed by atoms with Gasteiger partial charge in [0.1, 0.15) is 0 Å². The summed E-state index contributed by atoms with van der Waals surface area (Å²) in [7, 11) is -10.7. The average Bonchev–Trinajstić information content (AvgIpc) is 2.84. The van der Waals surface area contributed by atoms with E-state index in [2.05, 4.69) is 19.9 Å². The molecule has 4 aromatic heterocycles. The first kappa shape index (κ1) is 38.2. The molecule has 0 aliphatic rings. The molecule has 4 heterocycles. The molecule has 0 saturated heterocycles. The summed E-state index contributed by atoms with van der Waals surface area (Å²) in [5, 5.41) is 17.8. The van der Waals surface area contributed by atoms with E-state index in [1.54, 1.807) is 24.8 Å². The van der Waals surface area contributed by atoms with E-state index in [4.69, 9.17) is 19.8 Å².